The molecule has 1 aromatic heterocycles. The van der Waals surface area contributed by atoms with Gasteiger partial charge in [-0.1, -0.05) is 48.5 Å². The van der Waals surface area contributed by atoms with Gasteiger partial charge in [0, 0.05) is 19.0 Å². The molecule has 0 aliphatic carbocycles. The highest BCUT2D eigenvalue weighted by Gasteiger charge is 2.18. The summed E-state index contributed by atoms with van der Waals surface area (Å²) in [4.78, 5) is 17.5. The van der Waals surface area contributed by atoms with Gasteiger partial charge in [0.2, 0.25) is 5.91 Å². The van der Waals surface area contributed by atoms with E-state index >= 15 is 0 Å². The number of methoxy groups -OCH3 is 1. The van der Waals surface area contributed by atoms with E-state index in [-0.39, 0.29) is 11.9 Å². The fraction of sp³-hybridized carbons (Fsp3) is 0.286. The molecule has 0 saturated heterocycles. The highest BCUT2D eigenvalue weighted by atomic mass is 16.5. The van der Waals surface area contributed by atoms with Crippen LogP contribution in [0.25, 0.3) is 11.0 Å². The second-order valence-electron chi connectivity index (χ2n) is 8.27. The number of amides is 1. The van der Waals surface area contributed by atoms with Crippen molar-refractivity contribution in [2.24, 2.45) is 0 Å². The third kappa shape index (κ3) is 5.95. The molecule has 0 saturated carbocycles. The number of aryl methyl sites for hydroxylation is 2. The van der Waals surface area contributed by atoms with Crippen molar-refractivity contribution >= 4 is 16.9 Å². The summed E-state index contributed by atoms with van der Waals surface area (Å²) in [5, 5.41) is 3.13. The lowest BCUT2D eigenvalue weighted by Crippen LogP contribution is -2.29. The summed E-state index contributed by atoms with van der Waals surface area (Å²) in [5.41, 5.74) is 3.15. The number of aromatic nitrogens is 2. The Labute approximate surface area is 200 Å². The van der Waals surface area contributed by atoms with Crippen molar-refractivity contribution in [1.29, 1.82) is 0 Å². The number of imidazole rings is 1. The second-order valence-corrected chi connectivity index (χ2v) is 8.27. The third-order valence-corrected chi connectivity index (χ3v) is 5.77. The molecule has 6 heteroatoms. The first kappa shape index (κ1) is 23.4. The average Bonchev–Trinajstić information content (AvgIpc) is 3.25. The largest absolute Gasteiger partial charge is 0.497 e. The molecule has 1 atom stereocenters. The molecule has 0 fully saturated rings. The van der Waals surface area contributed by atoms with Gasteiger partial charge >= 0.3 is 0 Å². The number of ether oxygens (including phenoxy) is 2. The van der Waals surface area contributed by atoms with E-state index in [1.54, 1.807) is 7.11 Å². The van der Waals surface area contributed by atoms with Crippen molar-refractivity contribution in [3.05, 3.63) is 90.3 Å². The number of benzene rings is 3. The Bertz CT molecular complexity index is 1220. The molecule has 4 rings (SSSR count). The molecule has 3 aromatic carbocycles. The van der Waals surface area contributed by atoms with Crippen LogP contribution in [0.1, 0.15) is 37.2 Å². The standard InChI is InChI=1S/C28H31N3O3/c1-21(29-27(32)17-16-22-10-4-3-5-11-22)28-30-25-14-6-7-15-26(25)31(28)18-9-19-34-24-13-8-12-23(20-24)33-2/h3-8,10-15,20-21H,9,16-19H2,1-2H3,(H,29,32). The van der Waals surface area contributed by atoms with Crippen molar-refractivity contribution in [2.75, 3.05) is 13.7 Å². The molecule has 6 nitrogen and oxygen atoms in total. The number of nitrogens with zero attached hydrogens (tertiary/aromatic N) is 2. The number of carbonyl (C=O) groups excluding carboxylic acids is 1. The van der Waals surface area contributed by atoms with Gasteiger partial charge in [-0.05, 0) is 49.6 Å². The summed E-state index contributed by atoms with van der Waals surface area (Å²) in [7, 11) is 1.65. The van der Waals surface area contributed by atoms with Gasteiger partial charge in [-0.25, -0.2) is 4.98 Å². The van der Waals surface area contributed by atoms with Gasteiger partial charge < -0.3 is 19.4 Å². The lowest BCUT2D eigenvalue weighted by molar-refractivity contribution is -0.121. The summed E-state index contributed by atoms with van der Waals surface area (Å²) < 4.78 is 13.4. The second kappa shape index (κ2) is 11.4. The Kier molecular flexibility index (Phi) is 7.81. The van der Waals surface area contributed by atoms with Crippen LogP contribution in [-0.2, 0) is 17.8 Å². The van der Waals surface area contributed by atoms with E-state index in [0.717, 1.165) is 53.3 Å². The smallest absolute Gasteiger partial charge is 0.220 e. The maximum Gasteiger partial charge on any atom is 0.220 e. The van der Waals surface area contributed by atoms with E-state index in [0.29, 0.717) is 13.0 Å². The monoisotopic (exact) mass is 457 g/mol. The van der Waals surface area contributed by atoms with Crippen LogP contribution >= 0.6 is 0 Å². The van der Waals surface area contributed by atoms with Gasteiger partial charge in [0.1, 0.15) is 17.3 Å². The zero-order chi connectivity index (χ0) is 23.8. The first-order valence-corrected chi connectivity index (χ1v) is 11.7. The normalized spacial score (nSPS) is 11.8. The van der Waals surface area contributed by atoms with E-state index < -0.39 is 0 Å². The van der Waals surface area contributed by atoms with Crippen LogP contribution in [0.2, 0.25) is 0 Å². The molecular weight excluding hydrogens is 426 g/mol. The number of para-hydroxylation sites is 2. The van der Waals surface area contributed by atoms with Crippen LogP contribution in [0.15, 0.2) is 78.9 Å². The lowest BCUT2D eigenvalue weighted by Gasteiger charge is -2.17. The Morgan fingerprint density at radius 3 is 2.59 bits per heavy atom. The van der Waals surface area contributed by atoms with Crippen molar-refractivity contribution in [3.63, 3.8) is 0 Å². The lowest BCUT2D eigenvalue weighted by atomic mass is 10.1. The van der Waals surface area contributed by atoms with Crippen LogP contribution in [0.5, 0.6) is 11.5 Å². The topological polar surface area (TPSA) is 65.4 Å². The molecule has 1 amide bonds. The number of fused-ring (bicyclic) bond motifs is 1. The quantitative estimate of drug-likeness (QED) is 0.310. The van der Waals surface area contributed by atoms with Gasteiger partial charge in [0.25, 0.3) is 0 Å². The van der Waals surface area contributed by atoms with Gasteiger partial charge in [0.05, 0.1) is 30.8 Å². The van der Waals surface area contributed by atoms with Crippen LogP contribution < -0.4 is 14.8 Å². The van der Waals surface area contributed by atoms with Crippen LogP contribution in [0.3, 0.4) is 0 Å². The number of carbonyl (C=O) groups is 1. The minimum absolute atomic E-state index is 0.0244. The Hall–Kier alpha value is -3.80. The van der Waals surface area contributed by atoms with Gasteiger partial charge in [-0.2, -0.15) is 0 Å². The summed E-state index contributed by atoms with van der Waals surface area (Å²) >= 11 is 0. The molecule has 1 N–H and O–H groups in total. The summed E-state index contributed by atoms with van der Waals surface area (Å²) in [6, 6.07) is 25.6. The van der Waals surface area contributed by atoms with Gasteiger partial charge in [-0.15, -0.1) is 0 Å². The van der Waals surface area contributed by atoms with E-state index in [9.17, 15) is 4.79 Å². The molecule has 1 unspecified atom stereocenters. The fourth-order valence-electron chi connectivity index (χ4n) is 4.04. The molecule has 176 valence electrons. The van der Waals surface area contributed by atoms with E-state index in [1.165, 1.54) is 0 Å². The maximum atomic E-state index is 12.6. The van der Waals surface area contributed by atoms with E-state index in [1.807, 2.05) is 79.7 Å². The molecule has 1 heterocycles. The molecule has 0 spiro atoms. The van der Waals surface area contributed by atoms with Crippen LogP contribution in [-0.4, -0.2) is 29.2 Å². The highest BCUT2D eigenvalue weighted by Crippen LogP contribution is 2.22. The zero-order valence-corrected chi connectivity index (χ0v) is 19.7. The predicted octanol–water partition coefficient (Wildman–Crippen LogP) is 5.32. The molecule has 34 heavy (non-hydrogen) atoms. The molecule has 0 radical (unpaired) electrons. The summed E-state index contributed by atoms with van der Waals surface area (Å²) in [6.07, 6.45) is 1.97. The van der Waals surface area contributed by atoms with E-state index in [4.69, 9.17) is 14.5 Å². The van der Waals surface area contributed by atoms with Crippen molar-refractivity contribution in [2.45, 2.75) is 38.8 Å². The first-order valence-electron chi connectivity index (χ1n) is 11.7. The fourth-order valence-corrected chi connectivity index (χ4v) is 4.04. The number of hydrogen-bond acceptors (Lipinski definition) is 4. The van der Waals surface area contributed by atoms with E-state index in [2.05, 4.69) is 16.0 Å². The minimum Gasteiger partial charge on any atom is -0.497 e. The van der Waals surface area contributed by atoms with Gasteiger partial charge in [0.15, 0.2) is 0 Å². The molecule has 0 bridgehead atoms. The molecular formula is C28H31N3O3. The molecule has 4 aromatic rings. The third-order valence-electron chi connectivity index (χ3n) is 5.77. The van der Waals surface area contributed by atoms with Crippen molar-refractivity contribution in [1.82, 2.24) is 14.9 Å². The predicted molar refractivity (Wildman–Crippen MR) is 134 cm³/mol. The summed E-state index contributed by atoms with van der Waals surface area (Å²) in [5.74, 6) is 2.44. The Morgan fingerprint density at radius 1 is 1.00 bits per heavy atom. The first-order chi connectivity index (χ1) is 16.6. The summed E-state index contributed by atoms with van der Waals surface area (Å²) in [6.45, 7) is 3.30. The average molecular weight is 458 g/mol. The molecule has 0 aliphatic rings. The van der Waals surface area contributed by atoms with Crippen LogP contribution in [0, 0.1) is 0 Å². The zero-order valence-electron chi connectivity index (χ0n) is 19.7. The van der Waals surface area contributed by atoms with Crippen molar-refractivity contribution in [3.8, 4) is 11.5 Å². The number of hydrogen-bond donors (Lipinski definition) is 1. The number of rotatable bonds is 11. The molecule has 0 aliphatic heterocycles. The minimum atomic E-state index is -0.199. The highest BCUT2D eigenvalue weighted by molar-refractivity contribution is 5.78. The Balaban J connectivity index is 1.39. The van der Waals surface area contributed by atoms with Gasteiger partial charge in [-0.3, -0.25) is 4.79 Å². The SMILES string of the molecule is COc1cccc(OCCCn2c(C(C)NC(=O)CCc3ccccc3)nc3ccccc32)c1. The van der Waals surface area contributed by atoms with Crippen LogP contribution in [0.4, 0.5) is 0 Å². The Morgan fingerprint density at radius 2 is 1.76 bits per heavy atom. The number of nitrogens with one attached hydrogen (secondary N) is 1. The van der Waals surface area contributed by atoms with Crippen molar-refractivity contribution < 1.29 is 14.3 Å². The maximum absolute atomic E-state index is 12.6.